The molecule has 1 fully saturated rings. The molecule has 4 rings (SSSR count). The van der Waals surface area contributed by atoms with E-state index in [0.717, 1.165) is 12.8 Å². The number of imidazole rings is 1. The van der Waals surface area contributed by atoms with Crippen molar-refractivity contribution < 1.29 is 14.1 Å². The minimum absolute atomic E-state index is 0.00115. The van der Waals surface area contributed by atoms with Gasteiger partial charge < -0.3 is 19.1 Å². The van der Waals surface area contributed by atoms with E-state index in [9.17, 15) is 4.79 Å². The number of amides is 1. The van der Waals surface area contributed by atoms with Crippen molar-refractivity contribution >= 4 is 5.91 Å². The molecule has 25 heavy (non-hydrogen) atoms. The van der Waals surface area contributed by atoms with Gasteiger partial charge in [0.25, 0.3) is 5.91 Å². The van der Waals surface area contributed by atoms with Gasteiger partial charge in [-0.2, -0.15) is 4.98 Å². The Hall–Kier alpha value is -3.16. The predicted molar refractivity (Wildman–Crippen MR) is 87.3 cm³/mol. The van der Waals surface area contributed by atoms with Gasteiger partial charge >= 0.3 is 6.01 Å². The number of hydrogen-bond donors (Lipinski definition) is 1. The van der Waals surface area contributed by atoms with Gasteiger partial charge in [0.2, 0.25) is 5.89 Å². The fraction of sp³-hybridized carbons (Fsp3) is 0.294. The Morgan fingerprint density at radius 2 is 2.20 bits per heavy atom. The molecule has 3 heterocycles. The second-order valence-corrected chi connectivity index (χ2v) is 5.89. The van der Waals surface area contributed by atoms with E-state index in [2.05, 4.69) is 20.1 Å². The number of aromatic amines is 1. The third-order valence-corrected chi connectivity index (χ3v) is 4.16. The van der Waals surface area contributed by atoms with E-state index in [1.165, 1.54) is 12.5 Å². The summed E-state index contributed by atoms with van der Waals surface area (Å²) in [6.45, 7) is 1.24. The first-order valence-corrected chi connectivity index (χ1v) is 8.14. The summed E-state index contributed by atoms with van der Waals surface area (Å²) in [5.74, 6) is 1.08. The zero-order valence-electron chi connectivity index (χ0n) is 13.5. The Bertz CT molecular complexity index is 831. The Morgan fingerprint density at radius 1 is 1.32 bits per heavy atom. The van der Waals surface area contributed by atoms with Crippen molar-refractivity contribution in [2.45, 2.75) is 18.8 Å². The Balaban J connectivity index is 1.44. The Kier molecular flexibility index (Phi) is 4.16. The number of nitrogens with one attached hydrogen (secondary N) is 1. The molecule has 0 aliphatic carbocycles. The summed E-state index contributed by atoms with van der Waals surface area (Å²) < 4.78 is 10.9. The summed E-state index contributed by atoms with van der Waals surface area (Å²) in [5.41, 5.74) is 0.485. The fourth-order valence-electron chi connectivity index (χ4n) is 2.93. The normalized spacial score (nSPS) is 17.4. The van der Waals surface area contributed by atoms with Crippen LogP contribution in [-0.4, -0.2) is 44.0 Å². The minimum Gasteiger partial charge on any atom is -0.422 e. The van der Waals surface area contributed by atoms with Gasteiger partial charge in [-0.25, -0.2) is 4.98 Å². The second kappa shape index (κ2) is 6.76. The first kappa shape index (κ1) is 15.4. The highest BCUT2D eigenvalue weighted by Crippen LogP contribution is 2.28. The molecule has 1 aliphatic heterocycles. The lowest BCUT2D eigenvalue weighted by Gasteiger charge is -2.30. The van der Waals surface area contributed by atoms with E-state index < -0.39 is 0 Å². The molecule has 8 nitrogen and oxygen atoms in total. The highest BCUT2D eigenvalue weighted by molar-refractivity contribution is 5.92. The van der Waals surface area contributed by atoms with Gasteiger partial charge in [0.05, 0.1) is 18.4 Å². The summed E-state index contributed by atoms with van der Waals surface area (Å²) in [7, 11) is 0. The lowest BCUT2D eigenvalue weighted by molar-refractivity contribution is 0.0690. The Morgan fingerprint density at radius 3 is 3.00 bits per heavy atom. The van der Waals surface area contributed by atoms with Crippen molar-refractivity contribution in [3.8, 4) is 11.8 Å². The smallest absolute Gasteiger partial charge is 0.359 e. The number of likely N-dealkylation sites (tertiary alicyclic amines) is 1. The highest BCUT2D eigenvalue weighted by Gasteiger charge is 2.29. The summed E-state index contributed by atoms with van der Waals surface area (Å²) >= 11 is 0. The van der Waals surface area contributed by atoms with Crippen LogP contribution in [-0.2, 0) is 0 Å². The monoisotopic (exact) mass is 339 g/mol. The van der Waals surface area contributed by atoms with Gasteiger partial charge in [-0.05, 0) is 30.1 Å². The van der Waals surface area contributed by atoms with Crippen LogP contribution in [0.1, 0.15) is 35.1 Å². The molecule has 2 aromatic heterocycles. The zero-order chi connectivity index (χ0) is 17.1. The number of aromatic nitrogens is 4. The number of H-pyrrole nitrogens is 1. The number of carbonyl (C=O) groups is 1. The maximum atomic E-state index is 12.4. The van der Waals surface area contributed by atoms with Crippen LogP contribution in [0.4, 0.5) is 0 Å². The molecule has 1 atom stereocenters. The molecule has 8 heteroatoms. The van der Waals surface area contributed by atoms with Crippen LogP contribution >= 0.6 is 0 Å². The minimum atomic E-state index is -0.0672. The fourth-order valence-corrected chi connectivity index (χ4v) is 2.93. The van der Waals surface area contributed by atoms with Crippen molar-refractivity contribution in [3.63, 3.8) is 0 Å². The lowest BCUT2D eigenvalue weighted by Crippen LogP contribution is -2.39. The highest BCUT2D eigenvalue weighted by atomic mass is 16.6. The molecule has 1 aromatic carbocycles. The van der Waals surface area contributed by atoms with Crippen LogP contribution in [0.15, 0.2) is 47.4 Å². The van der Waals surface area contributed by atoms with Gasteiger partial charge in [-0.3, -0.25) is 4.79 Å². The van der Waals surface area contributed by atoms with Crippen molar-refractivity contribution in [3.05, 3.63) is 54.4 Å². The van der Waals surface area contributed by atoms with E-state index in [1.54, 1.807) is 4.90 Å². The zero-order valence-corrected chi connectivity index (χ0v) is 13.5. The van der Waals surface area contributed by atoms with E-state index >= 15 is 0 Å². The third kappa shape index (κ3) is 3.37. The Labute approximate surface area is 143 Å². The molecule has 0 unspecified atom stereocenters. The average Bonchev–Trinajstić information content (AvgIpc) is 3.34. The molecule has 0 radical (unpaired) electrons. The molecular formula is C17H17N5O3. The summed E-state index contributed by atoms with van der Waals surface area (Å²) in [6, 6.07) is 9.47. The van der Waals surface area contributed by atoms with Gasteiger partial charge in [0.15, 0.2) is 0 Å². The standard InChI is InChI=1S/C17H17N5O3/c23-16(14-9-18-11-19-14)22-8-4-5-12(10-22)15-20-17(21-25-15)24-13-6-2-1-3-7-13/h1-3,6-7,9,11-12H,4-5,8,10H2,(H,18,19)/t12-/m0/s1. The number of piperidine rings is 1. The van der Waals surface area contributed by atoms with E-state index in [-0.39, 0.29) is 17.8 Å². The molecule has 1 saturated heterocycles. The first-order chi connectivity index (χ1) is 12.3. The van der Waals surface area contributed by atoms with Crippen LogP contribution in [0.2, 0.25) is 0 Å². The summed E-state index contributed by atoms with van der Waals surface area (Å²) in [4.78, 5) is 25.3. The molecule has 0 bridgehead atoms. The molecule has 1 N–H and O–H groups in total. The quantitative estimate of drug-likeness (QED) is 0.785. The lowest BCUT2D eigenvalue weighted by atomic mass is 9.98. The number of carbonyl (C=O) groups excluding carboxylic acids is 1. The van der Waals surface area contributed by atoms with E-state index in [0.29, 0.717) is 30.4 Å². The second-order valence-electron chi connectivity index (χ2n) is 5.89. The van der Waals surface area contributed by atoms with Crippen LogP contribution in [0, 0.1) is 0 Å². The maximum absolute atomic E-state index is 12.4. The van der Waals surface area contributed by atoms with Crippen molar-refractivity contribution in [1.82, 2.24) is 25.0 Å². The average molecular weight is 339 g/mol. The van der Waals surface area contributed by atoms with Crippen LogP contribution in [0.3, 0.4) is 0 Å². The van der Waals surface area contributed by atoms with E-state index in [4.69, 9.17) is 9.26 Å². The predicted octanol–water partition coefficient (Wildman–Crippen LogP) is 2.60. The maximum Gasteiger partial charge on any atom is 0.359 e. The molecule has 128 valence electrons. The number of nitrogens with zero attached hydrogens (tertiary/aromatic N) is 4. The SMILES string of the molecule is O=C(c1cnc[nH]1)N1CCC[C@H](c2nc(Oc3ccccc3)no2)C1. The third-order valence-electron chi connectivity index (χ3n) is 4.16. The number of ether oxygens (including phenoxy) is 1. The van der Waals surface area contributed by atoms with Crippen molar-refractivity contribution in [2.24, 2.45) is 0 Å². The summed E-state index contributed by atoms with van der Waals surface area (Å²) in [6.07, 6.45) is 4.80. The largest absolute Gasteiger partial charge is 0.422 e. The van der Waals surface area contributed by atoms with Crippen LogP contribution in [0.5, 0.6) is 11.8 Å². The molecule has 0 saturated carbocycles. The van der Waals surface area contributed by atoms with E-state index in [1.807, 2.05) is 30.3 Å². The number of para-hydroxylation sites is 1. The molecular weight excluding hydrogens is 322 g/mol. The number of rotatable bonds is 4. The van der Waals surface area contributed by atoms with Crippen molar-refractivity contribution in [2.75, 3.05) is 13.1 Å². The first-order valence-electron chi connectivity index (χ1n) is 8.14. The van der Waals surface area contributed by atoms with Gasteiger partial charge in [-0.1, -0.05) is 18.2 Å². The molecule has 1 amide bonds. The molecule has 0 spiro atoms. The van der Waals surface area contributed by atoms with Crippen LogP contribution in [0.25, 0.3) is 0 Å². The van der Waals surface area contributed by atoms with Crippen LogP contribution < -0.4 is 4.74 Å². The van der Waals surface area contributed by atoms with Gasteiger partial charge in [-0.15, -0.1) is 0 Å². The molecule has 1 aliphatic rings. The number of benzene rings is 1. The van der Waals surface area contributed by atoms with Gasteiger partial charge in [0, 0.05) is 13.1 Å². The van der Waals surface area contributed by atoms with Crippen molar-refractivity contribution in [1.29, 1.82) is 0 Å². The topological polar surface area (TPSA) is 97.1 Å². The van der Waals surface area contributed by atoms with Gasteiger partial charge in [0.1, 0.15) is 11.4 Å². The summed E-state index contributed by atoms with van der Waals surface area (Å²) in [5, 5.41) is 3.88. The molecule has 3 aromatic rings. The number of hydrogen-bond acceptors (Lipinski definition) is 6.